The molecule has 0 saturated heterocycles. The summed E-state index contributed by atoms with van der Waals surface area (Å²) in [5.41, 5.74) is 3.69. The van der Waals surface area contributed by atoms with Crippen LogP contribution in [-0.2, 0) is 19.6 Å². The fourth-order valence-corrected chi connectivity index (χ4v) is 2.79. The van der Waals surface area contributed by atoms with E-state index in [1.807, 2.05) is 25.1 Å². The van der Waals surface area contributed by atoms with Crippen molar-refractivity contribution in [2.75, 3.05) is 27.2 Å². The molecule has 0 aliphatic rings. The Kier molecular flexibility index (Phi) is 8.65. The molecule has 0 radical (unpaired) electrons. The summed E-state index contributed by atoms with van der Waals surface area (Å²) in [7, 11) is 3.92. The molecule has 2 aromatic carbocycles. The van der Waals surface area contributed by atoms with Gasteiger partial charge in [0.2, 0.25) is 0 Å². The van der Waals surface area contributed by atoms with E-state index in [2.05, 4.69) is 64.8 Å². The van der Waals surface area contributed by atoms with Gasteiger partial charge in [-0.05, 0) is 37.7 Å². The second kappa shape index (κ2) is 11.2. The first-order valence-electron chi connectivity index (χ1n) is 9.57. The van der Waals surface area contributed by atoms with Crippen molar-refractivity contribution in [2.45, 2.75) is 33.5 Å². The monoisotopic (exact) mass is 368 g/mol. The molecule has 5 heteroatoms. The molecule has 0 unspecified atom stereocenters. The topological polar surface area (TPSA) is 48.9 Å². The summed E-state index contributed by atoms with van der Waals surface area (Å²) >= 11 is 0. The molecule has 2 aromatic rings. The second-order valence-corrected chi connectivity index (χ2v) is 6.47. The molecule has 0 saturated carbocycles. The fraction of sp³-hybridized carbons (Fsp3) is 0.409. The van der Waals surface area contributed by atoms with Gasteiger partial charge in [0.1, 0.15) is 5.75 Å². The first kappa shape index (κ1) is 20.8. The van der Waals surface area contributed by atoms with Gasteiger partial charge in [0.05, 0.1) is 6.61 Å². The molecule has 146 valence electrons. The van der Waals surface area contributed by atoms with E-state index in [1.54, 1.807) is 7.05 Å². The molecule has 0 heterocycles. The maximum Gasteiger partial charge on any atom is 0.191 e. The van der Waals surface area contributed by atoms with E-state index >= 15 is 0 Å². The van der Waals surface area contributed by atoms with Crippen molar-refractivity contribution in [3.8, 4) is 5.75 Å². The van der Waals surface area contributed by atoms with Gasteiger partial charge in [0, 0.05) is 32.2 Å². The van der Waals surface area contributed by atoms with Crippen LogP contribution in [0.4, 0.5) is 0 Å². The molecule has 0 aliphatic heterocycles. The highest BCUT2D eigenvalue weighted by Crippen LogP contribution is 2.17. The average molecular weight is 369 g/mol. The number of hydrogen-bond acceptors (Lipinski definition) is 3. The number of benzene rings is 2. The van der Waals surface area contributed by atoms with Crippen LogP contribution in [0.2, 0.25) is 0 Å². The Morgan fingerprint density at radius 1 is 1.00 bits per heavy atom. The Balaban J connectivity index is 1.90. The Morgan fingerprint density at radius 3 is 2.48 bits per heavy atom. The normalized spacial score (nSPS) is 11.5. The summed E-state index contributed by atoms with van der Waals surface area (Å²) in [6.07, 6.45) is 0. The van der Waals surface area contributed by atoms with Gasteiger partial charge in [-0.15, -0.1) is 0 Å². The fourth-order valence-electron chi connectivity index (χ4n) is 2.79. The van der Waals surface area contributed by atoms with E-state index in [0.29, 0.717) is 13.2 Å². The van der Waals surface area contributed by atoms with Gasteiger partial charge in [-0.25, -0.2) is 0 Å². The number of rotatable bonds is 9. The van der Waals surface area contributed by atoms with E-state index in [9.17, 15) is 0 Å². The molecule has 0 aliphatic carbocycles. The van der Waals surface area contributed by atoms with Crippen molar-refractivity contribution in [2.24, 2.45) is 4.99 Å². The SMILES string of the molecule is CCOc1ccccc1CNC(=NC)NCc1cccc(CN(C)CC)c1. The summed E-state index contributed by atoms with van der Waals surface area (Å²) in [5.74, 6) is 1.69. The molecule has 0 spiro atoms. The van der Waals surface area contributed by atoms with Crippen molar-refractivity contribution < 1.29 is 4.74 Å². The summed E-state index contributed by atoms with van der Waals surface area (Å²) < 4.78 is 5.68. The highest BCUT2D eigenvalue weighted by molar-refractivity contribution is 5.79. The van der Waals surface area contributed by atoms with E-state index in [1.165, 1.54) is 11.1 Å². The van der Waals surface area contributed by atoms with E-state index in [4.69, 9.17) is 4.74 Å². The van der Waals surface area contributed by atoms with Crippen LogP contribution in [0, 0.1) is 0 Å². The standard InChI is InChI=1S/C22H32N4O/c1-5-26(4)17-19-11-9-10-18(14-19)15-24-22(23-3)25-16-20-12-7-8-13-21(20)27-6-2/h7-14H,5-6,15-17H2,1-4H3,(H2,23,24,25). The zero-order valence-corrected chi connectivity index (χ0v) is 17.0. The molecule has 0 fully saturated rings. The van der Waals surface area contributed by atoms with Crippen molar-refractivity contribution in [3.63, 3.8) is 0 Å². The van der Waals surface area contributed by atoms with Crippen molar-refractivity contribution in [1.29, 1.82) is 0 Å². The number of guanidine groups is 1. The minimum atomic E-state index is 0.660. The Hall–Kier alpha value is -2.53. The number of nitrogens with one attached hydrogen (secondary N) is 2. The summed E-state index contributed by atoms with van der Waals surface area (Å²) in [5, 5.41) is 6.75. The molecule has 0 atom stereocenters. The minimum Gasteiger partial charge on any atom is -0.494 e. The second-order valence-electron chi connectivity index (χ2n) is 6.47. The summed E-state index contributed by atoms with van der Waals surface area (Å²) in [4.78, 5) is 6.62. The van der Waals surface area contributed by atoms with Crippen molar-refractivity contribution in [3.05, 3.63) is 65.2 Å². The van der Waals surface area contributed by atoms with Crippen LogP contribution in [0.1, 0.15) is 30.5 Å². The lowest BCUT2D eigenvalue weighted by Crippen LogP contribution is -2.36. The highest BCUT2D eigenvalue weighted by atomic mass is 16.5. The van der Waals surface area contributed by atoms with Gasteiger partial charge >= 0.3 is 0 Å². The van der Waals surface area contributed by atoms with Gasteiger partial charge in [0.25, 0.3) is 0 Å². The summed E-state index contributed by atoms with van der Waals surface area (Å²) in [6.45, 7) is 8.23. The minimum absolute atomic E-state index is 0.660. The van der Waals surface area contributed by atoms with Crippen LogP contribution >= 0.6 is 0 Å². The van der Waals surface area contributed by atoms with Gasteiger partial charge in [-0.2, -0.15) is 0 Å². The quantitative estimate of drug-likeness (QED) is 0.526. The van der Waals surface area contributed by atoms with Crippen molar-refractivity contribution >= 4 is 5.96 Å². The Bertz CT molecular complexity index is 730. The van der Waals surface area contributed by atoms with Gasteiger partial charge in [-0.3, -0.25) is 4.99 Å². The van der Waals surface area contributed by atoms with Crippen LogP contribution in [0.3, 0.4) is 0 Å². The maximum absolute atomic E-state index is 5.68. The van der Waals surface area contributed by atoms with Crippen LogP contribution in [0.25, 0.3) is 0 Å². The lowest BCUT2D eigenvalue weighted by molar-refractivity contribution is 0.336. The Labute approximate surface area is 163 Å². The van der Waals surface area contributed by atoms with Crippen LogP contribution in [-0.4, -0.2) is 38.1 Å². The van der Waals surface area contributed by atoms with Crippen molar-refractivity contribution in [1.82, 2.24) is 15.5 Å². The molecule has 2 N–H and O–H groups in total. The average Bonchev–Trinajstić information content (AvgIpc) is 2.69. The van der Waals surface area contributed by atoms with Gasteiger partial charge in [0.15, 0.2) is 5.96 Å². The lowest BCUT2D eigenvalue weighted by Gasteiger charge is -2.16. The Morgan fingerprint density at radius 2 is 1.74 bits per heavy atom. The third-order valence-corrected chi connectivity index (χ3v) is 4.39. The number of para-hydroxylation sites is 1. The van der Waals surface area contributed by atoms with Gasteiger partial charge in [-0.1, -0.05) is 49.4 Å². The van der Waals surface area contributed by atoms with Crippen LogP contribution in [0.5, 0.6) is 5.75 Å². The number of aliphatic imine (C=N–C) groups is 1. The third-order valence-electron chi connectivity index (χ3n) is 4.39. The molecular weight excluding hydrogens is 336 g/mol. The molecule has 2 rings (SSSR count). The van der Waals surface area contributed by atoms with E-state index in [-0.39, 0.29) is 0 Å². The van der Waals surface area contributed by atoms with E-state index < -0.39 is 0 Å². The lowest BCUT2D eigenvalue weighted by atomic mass is 10.1. The molecule has 0 amide bonds. The molecule has 27 heavy (non-hydrogen) atoms. The summed E-state index contributed by atoms with van der Waals surface area (Å²) in [6, 6.07) is 16.8. The molecule has 5 nitrogen and oxygen atoms in total. The molecule has 0 aromatic heterocycles. The van der Waals surface area contributed by atoms with Crippen LogP contribution in [0.15, 0.2) is 53.5 Å². The predicted octanol–water partition coefficient (Wildman–Crippen LogP) is 3.40. The molecule has 0 bridgehead atoms. The number of ether oxygens (including phenoxy) is 1. The van der Waals surface area contributed by atoms with E-state index in [0.717, 1.165) is 36.9 Å². The number of hydrogen-bond donors (Lipinski definition) is 2. The number of nitrogens with zero attached hydrogens (tertiary/aromatic N) is 2. The zero-order chi connectivity index (χ0) is 19.5. The first-order chi connectivity index (χ1) is 13.2. The first-order valence-corrected chi connectivity index (χ1v) is 9.57. The largest absolute Gasteiger partial charge is 0.494 e. The predicted molar refractivity (Wildman–Crippen MR) is 113 cm³/mol. The maximum atomic E-state index is 5.68. The zero-order valence-electron chi connectivity index (χ0n) is 17.0. The van der Waals surface area contributed by atoms with Gasteiger partial charge < -0.3 is 20.3 Å². The molecular formula is C22H32N4O. The highest BCUT2D eigenvalue weighted by Gasteiger charge is 2.05. The van der Waals surface area contributed by atoms with Crippen LogP contribution < -0.4 is 15.4 Å². The smallest absolute Gasteiger partial charge is 0.191 e. The third kappa shape index (κ3) is 6.94.